The molecule has 0 saturated carbocycles. The van der Waals surface area contributed by atoms with Crippen LogP contribution in [0.15, 0.2) is 12.1 Å². The highest BCUT2D eigenvalue weighted by atomic mass is 19.1. The third kappa shape index (κ3) is 3.14. The number of hydrogen-bond donors (Lipinski definition) is 2. The molecule has 5 nitrogen and oxygen atoms in total. The quantitative estimate of drug-likeness (QED) is 0.825. The van der Waals surface area contributed by atoms with E-state index in [1.165, 1.54) is 33.3 Å². The molecule has 0 aliphatic rings. The highest BCUT2D eigenvalue weighted by Gasteiger charge is 2.25. The summed E-state index contributed by atoms with van der Waals surface area (Å²) in [6.45, 7) is 1.29. The molecule has 0 bridgehead atoms. The maximum Gasteiger partial charge on any atom is 0.312 e. The molecule has 0 aliphatic heterocycles. The number of carbonyl (C=O) groups is 1. The first kappa shape index (κ1) is 15.2. The maximum absolute atomic E-state index is 13.5. The number of ether oxygens (including phenoxy) is 2. The van der Waals surface area contributed by atoms with Crippen molar-refractivity contribution in [2.24, 2.45) is 5.73 Å². The van der Waals surface area contributed by atoms with Gasteiger partial charge < -0.3 is 20.3 Å². The van der Waals surface area contributed by atoms with Crippen molar-refractivity contribution in [3.8, 4) is 11.5 Å². The van der Waals surface area contributed by atoms with Crippen LogP contribution in [-0.4, -0.2) is 31.8 Å². The van der Waals surface area contributed by atoms with Crippen LogP contribution in [-0.2, 0) is 4.79 Å². The van der Waals surface area contributed by atoms with E-state index in [9.17, 15) is 9.18 Å². The zero-order valence-electron chi connectivity index (χ0n) is 11.1. The lowest BCUT2D eigenvalue weighted by Crippen LogP contribution is -2.22. The van der Waals surface area contributed by atoms with Crippen LogP contribution in [0.1, 0.15) is 30.1 Å². The van der Waals surface area contributed by atoms with Crippen LogP contribution in [0.25, 0.3) is 0 Å². The maximum atomic E-state index is 13.5. The molecule has 0 saturated heterocycles. The summed E-state index contributed by atoms with van der Waals surface area (Å²) in [5, 5.41) is 9.14. The van der Waals surface area contributed by atoms with E-state index in [-0.39, 0.29) is 18.0 Å². The van der Waals surface area contributed by atoms with Crippen LogP contribution in [0.2, 0.25) is 0 Å². The summed E-state index contributed by atoms with van der Waals surface area (Å²) in [5.74, 6) is -1.42. The van der Waals surface area contributed by atoms with E-state index in [1.807, 2.05) is 0 Å². The minimum Gasteiger partial charge on any atom is -0.496 e. The predicted octanol–water partition coefficient (Wildman–Crippen LogP) is 1.86. The number of alkyl halides is 1. The minimum absolute atomic E-state index is 0.0840. The van der Waals surface area contributed by atoms with E-state index >= 15 is 0 Å². The number of halogens is 1. The highest BCUT2D eigenvalue weighted by molar-refractivity contribution is 5.78. The first-order valence-corrected chi connectivity index (χ1v) is 5.79. The van der Waals surface area contributed by atoms with Crippen LogP contribution in [0, 0.1) is 0 Å². The normalized spacial score (nSPS) is 13.7. The Morgan fingerprint density at radius 3 is 2.16 bits per heavy atom. The largest absolute Gasteiger partial charge is 0.496 e. The molecule has 106 valence electrons. The summed E-state index contributed by atoms with van der Waals surface area (Å²) < 4.78 is 23.7. The molecule has 0 aliphatic carbocycles. The molecule has 0 heterocycles. The zero-order valence-corrected chi connectivity index (χ0v) is 11.1. The Hall–Kier alpha value is -1.82. The van der Waals surface area contributed by atoms with E-state index in [4.69, 9.17) is 20.3 Å². The number of carboxylic acid groups (broad SMARTS) is 1. The van der Waals surface area contributed by atoms with Crippen molar-refractivity contribution < 1.29 is 23.8 Å². The molecule has 0 spiro atoms. The van der Waals surface area contributed by atoms with Crippen molar-refractivity contribution in [3.05, 3.63) is 23.3 Å². The summed E-state index contributed by atoms with van der Waals surface area (Å²) in [6, 6.07) is 2.92. The number of methoxy groups -OCH3 is 2. The van der Waals surface area contributed by atoms with Gasteiger partial charge in [0.05, 0.1) is 20.1 Å². The summed E-state index contributed by atoms with van der Waals surface area (Å²) in [7, 11) is 2.79. The van der Waals surface area contributed by atoms with Crippen molar-refractivity contribution in [2.45, 2.75) is 19.0 Å². The van der Waals surface area contributed by atoms with Gasteiger partial charge in [-0.1, -0.05) is 0 Å². The Morgan fingerprint density at radius 2 is 1.79 bits per heavy atom. The summed E-state index contributed by atoms with van der Waals surface area (Å²) in [5.41, 5.74) is 6.15. The molecule has 0 fully saturated rings. The molecule has 6 heteroatoms. The lowest BCUT2D eigenvalue weighted by atomic mass is 9.95. The van der Waals surface area contributed by atoms with Crippen LogP contribution >= 0.6 is 0 Å². The number of nitrogens with two attached hydrogens (primary N) is 1. The smallest absolute Gasteiger partial charge is 0.312 e. The van der Waals surface area contributed by atoms with Gasteiger partial charge in [0, 0.05) is 17.7 Å². The monoisotopic (exact) mass is 271 g/mol. The van der Waals surface area contributed by atoms with Gasteiger partial charge in [-0.3, -0.25) is 4.79 Å². The Kier molecular flexibility index (Phi) is 5.11. The van der Waals surface area contributed by atoms with Crippen molar-refractivity contribution in [2.75, 3.05) is 20.8 Å². The molecule has 3 N–H and O–H groups in total. The molecule has 1 rings (SSSR count). The summed E-state index contributed by atoms with van der Waals surface area (Å²) in [6.07, 6.45) is -1.25. The number of aliphatic carboxylic acids is 1. The van der Waals surface area contributed by atoms with E-state index in [0.717, 1.165) is 0 Å². The highest BCUT2D eigenvalue weighted by Crippen LogP contribution is 2.37. The topological polar surface area (TPSA) is 81.8 Å². The fraction of sp³-hybridized carbons (Fsp3) is 0.462. The van der Waals surface area contributed by atoms with E-state index < -0.39 is 18.1 Å². The van der Waals surface area contributed by atoms with Gasteiger partial charge in [-0.05, 0) is 19.1 Å². The van der Waals surface area contributed by atoms with Gasteiger partial charge in [0.1, 0.15) is 17.7 Å². The van der Waals surface area contributed by atoms with Gasteiger partial charge in [0.25, 0.3) is 0 Å². The molecule has 2 unspecified atom stereocenters. The first-order chi connectivity index (χ1) is 8.96. The Morgan fingerprint density at radius 1 is 1.32 bits per heavy atom. The van der Waals surface area contributed by atoms with E-state index in [1.54, 1.807) is 0 Å². The number of rotatable bonds is 6. The van der Waals surface area contributed by atoms with Crippen molar-refractivity contribution in [3.63, 3.8) is 0 Å². The molecular formula is C13H18FNO4. The van der Waals surface area contributed by atoms with Crippen LogP contribution in [0.3, 0.4) is 0 Å². The molecule has 0 aromatic heterocycles. The lowest BCUT2D eigenvalue weighted by molar-refractivity contribution is -0.138. The molecule has 19 heavy (non-hydrogen) atoms. The number of carboxylic acids is 1. The molecular weight excluding hydrogens is 253 g/mol. The van der Waals surface area contributed by atoms with Gasteiger partial charge in [-0.15, -0.1) is 0 Å². The molecule has 2 atom stereocenters. The first-order valence-electron chi connectivity index (χ1n) is 5.79. The average Bonchev–Trinajstić information content (AvgIpc) is 2.38. The van der Waals surface area contributed by atoms with Gasteiger partial charge in [-0.25, -0.2) is 4.39 Å². The fourth-order valence-corrected chi connectivity index (χ4v) is 1.89. The van der Waals surface area contributed by atoms with Crippen LogP contribution in [0.5, 0.6) is 11.5 Å². The Bertz CT molecular complexity index is 462. The van der Waals surface area contributed by atoms with Crippen molar-refractivity contribution in [1.29, 1.82) is 0 Å². The Labute approximate surface area is 111 Å². The summed E-state index contributed by atoms with van der Waals surface area (Å²) >= 11 is 0. The fourth-order valence-electron chi connectivity index (χ4n) is 1.89. The van der Waals surface area contributed by atoms with Crippen molar-refractivity contribution >= 4 is 5.97 Å². The van der Waals surface area contributed by atoms with E-state index in [0.29, 0.717) is 11.1 Å². The standard InChI is InChI=1S/C13H18FNO4/c1-7(14)8-4-12(19-3)9(5-11(8)18-2)10(6-15)13(16)17/h4-5,7,10H,6,15H2,1-3H3,(H,16,17). The molecule has 1 aromatic carbocycles. The summed E-state index contributed by atoms with van der Waals surface area (Å²) in [4.78, 5) is 11.2. The van der Waals surface area contributed by atoms with Crippen molar-refractivity contribution in [1.82, 2.24) is 0 Å². The van der Waals surface area contributed by atoms with Gasteiger partial charge in [0.2, 0.25) is 0 Å². The molecule has 0 radical (unpaired) electrons. The molecule has 1 aromatic rings. The second-order valence-electron chi connectivity index (χ2n) is 4.08. The minimum atomic E-state index is -1.25. The second kappa shape index (κ2) is 6.38. The number of hydrogen-bond acceptors (Lipinski definition) is 4. The Balaban J connectivity index is 3.43. The lowest BCUT2D eigenvalue weighted by Gasteiger charge is -2.18. The predicted molar refractivity (Wildman–Crippen MR) is 68.5 cm³/mol. The third-order valence-corrected chi connectivity index (χ3v) is 2.92. The zero-order chi connectivity index (χ0) is 14.6. The van der Waals surface area contributed by atoms with Crippen LogP contribution in [0.4, 0.5) is 4.39 Å². The third-order valence-electron chi connectivity index (χ3n) is 2.92. The SMILES string of the molecule is COc1cc(C(CN)C(=O)O)c(OC)cc1C(C)F. The average molecular weight is 271 g/mol. The van der Waals surface area contributed by atoms with E-state index in [2.05, 4.69) is 0 Å². The number of benzene rings is 1. The van der Waals surface area contributed by atoms with Gasteiger partial charge in [0.15, 0.2) is 0 Å². The molecule has 0 amide bonds. The second-order valence-corrected chi connectivity index (χ2v) is 4.08. The van der Waals surface area contributed by atoms with Gasteiger partial charge in [-0.2, -0.15) is 0 Å². The van der Waals surface area contributed by atoms with Gasteiger partial charge >= 0.3 is 5.97 Å². The van der Waals surface area contributed by atoms with Crippen LogP contribution < -0.4 is 15.2 Å².